The summed E-state index contributed by atoms with van der Waals surface area (Å²) in [7, 11) is 0. The first kappa shape index (κ1) is 11.7. The third-order valence-electron chi connectivity index (χ3n) is 1.17. The highest BCUT2D eigenvalue weighted by Crippen LogP contribution is 1.90. The van der Waals surface area contributed by atoms with Crippen molar-refractivity contribution in [2.24, 2.45) is 0 Å². The number of hydrogen-bond acceptors (Lipinski definition) is 4. The highest BCUT2D eigenvalue weighted by molar-refractivity contribution is 5.91. The molecule has 0 radical (unpaired) electrons. The van der Waals surface area contributed by atoms with Gasteiger partial charge in [-0.15, -0.1) is 0 Å². The molecule has 0 fully saturated rings. The van der Waals surface area contributed by atoms with E-state index in [0.717, 1.165) is 0 Å². The third kappa shape index (κ3) is 7.05. The summed E-state index contributed by atoms with van der Waals surface area (Å²) < 4.78 is 9.23. The largest absolute Gasteiger partial charge is 0.466 e. The highest BCUT2D eigenvalue weighted by atomic mass is 16.5. The molecule has 0 heterocycles. The van der Waals surface area contributed by atoms with Crippen molar-refractivity contribution in [1.82, 2.24) is 0 Å². The molecule has 0 aromatic heterocycles. The molecular formula is C9H14O4. The van der Waals surface area contributed by atoms with Crippen LogP contribution in [-0.4, -0.2) is 25.2 Å². The normalized spacial score (nSPS) is 10.0. The standard InChI is InChI=1S/C9H14O4/c1-3-5-6-13-9(11)7-8(10)12-4-2/h3,5H,4,6-7H2,1-2H3/b5-3+. The second-order valence-corrected chi connectivity index (χ2v) is 2.23. The zero-order valence-corrected chi connectivity index (χ0v) is 7.91. The van der Waals surface area contributed by atoms with Crippen molar-refractivity contribution < 1.29 is 19.1 Å². The topological polar surface area (TPSA) is 52.6 Å². The molecule has 0 bridgehead atoms. The van der Waals surface area contributed by atoms with Gasteiger partial charge in [-0.25, -0.2) is 0 Å². The molecule has 74 valence electrons. The number of esters is 2. The fourth-order valence-corrected chi connectivity index (χ4v) is 0.618. The van der Waals surface area contributed by atoms with Gasteiger partial charge in [-0.3, -0.25) is 9.59 Å². The summed E-state index contributed by atoms with van der Waals surface area (Å²) in [6.07, 6.45) is 3.13. The molecule has 0 aliphatic carbocycles. The van der Waals surface area contributed by atoms with Crippen molar-refractivity contribution in [2.45, 2.75) is 20.3 Å². The summed E-state index contributed by atoms with van der Waals surface area (Å²) >= 11 is 0. The SMILES string of the molecule is C/C=C/COC(=O)CC(=O)OCC. The van der Waals surface area contributed by atoms with Crippen molar-refractivity contribution in [3.8, 4) is 0 Å². The molecule has 4 heteroatoms. The monoisotopic (exact) mass is 186 g/mol. The van der Waals surface area contributed by atoms with Crippen molar-refractivity contribution in [3.63, 3.8) is 0 Å². The zero-order chi connectivity index (χ0) is 10.1. The molecule has 0 aliphatic rings. The molecule has 0 aromatic carbocycles. The number of hydrogen-bond donors (Lipinski definition) is 0. The van der Waals surface area contributed by atoms with E-state index < -0.39 is 11.9 Å². The minimum Gasteiger partial charge on any atom is -0.466 e. The molecule has 0 saturated heterocycles. The van der Waals surface area contributed by atoms with Gasteiger partial charge in [0.05, 0.1) is 6.61 Å². The maximum absolute atomic E-state index is 10.8. The fourth-order valence-electron chi connectivity index (χ4n) is 0.618. The van der Waals surface area contributed by atoms with Gasteiger partial charge in [0.1, 0.15) is 13.0 Å². The minimum absolute atomic E-state index is 0.203. The number of carbonyl (C=O) groups is 2. The molecule has 0 spiro atoms. The summed E-state index contributed by atoms with van der Waals surface area (Å²) in [6.45, 7) is 3.98. The molecule has 0 aromatic rings. The van der Waals surface area contributed by atoms with Crippen LogP contribution in [0, 0.1) is 0 Å². The fraction of sp³-hybridized carbons (Fsp3) is 0.556. The van der Waals surface area contributed by atoms with Gasteiger partial charge < -0.3 is 9.47 Å². The van der Waals surface area contributed by atoms with Gasteiger partial charge >= 0.3 is 11.9 Å². The Kier molecular flexibility index (Phi) is 6.59. The minimum atomic E-state index is -0.559. The lowest BCUT2D eigenvalue weighted by atomic mass is 10.4. The molecular weight excluding hydrogens is 172 g/mol. The number of carbonyl (C=O) groups excluding carboxylic acids is 2. The summed E-state index contributed by atoms with van der Waals surface area (Å²) in [5.74, 6) is -1.11. The smallest absolute Gasteiger partial charge is 0.317 e. The molecule has 4 nitrogen and oxygen atoms in total. The average Bonchev–Trinajstić information content (AvgIpc) is 2.05. The van der Waals surface area contributed by atoms with Crippen LogP contribution in [0.5, 0.6) is 0 Å². The van der Waals surface area contributed by atoms with E-state index in [4.69, 9.17) is 0 Å². The Morgan fingerprint density at radius 1 is 1.23 bits per heavy atom. The van der Waals surface area contributed by atoms with Crippen LogP contribution in [0.25, 0.3) is 0 Å². The Labute approximate surface area is 77.5 Å². The lowest BCUT2D eigenvalue weighted by Crippen LogP contribution is -2.13. The Morgan fingerprint density at radius 3 is 2.38 bits per heavy atom. The Bertz CT molecular complexity index is 196. The summed E-state index contributed by atoms with van der Waals surface area (Å²) in [6, 6.07) is 0. The van der Waals surface area contributed by atoms with Gasteiger partial charge in [0.25, 0.3) is 0 Å². The number of rotatable bonds is 5. The van der Waals surface area contributed by atoms with Crippen molar-refractivity contribution in [1.29, 1.82) is 0 Å². The Hall–Kier alpha value is -1.32. The molecule has 13 heavy (non-hydrogen) atoms. The van der Waals surface area contributed by atoms with Crippen LogP contribution < -0.4 is 0 Å². The molecule has 0 saturated carbocycles. The van der Waals surface area contributed by atoms with Gasteiger partial charge in [0, 0.05) is 0 Å². The predicted molar refractivity (Wildman–Crippen MR) is 47.0 cm³/mol. The summed E-state index contributed by atoms with van der Waals surface area (Å²) in [5, 5.41) is 0. The lowest BCUT2D eigenvalue weighted by molar-refractivity contribution is -0.153. The average molecular weight is 186 g/mol. The van der Waals surface area contributed by atoms with E-state index in [1.165, 1.54) is 0 Å². The highest BCUT2D eigenvalue weighted by Gasteiger charge is 2.10. The van der Waals surface area contributed by atoms with Crippen LogP contribution in [0.4, 0.5) is 0 Å². The predicted octanol–water partition coefficient (Wildman–Crippen LogP) is 1.06. The lowest BCUT2D eigenvalue weighted by Gasteiger charge is -2.01. The van der Waals surface area contributed by atoms with Crippen LogP contribution in [0.1, 0.15) is 20.3 Å². The van der Waals surface area contributed by atoms with Gasteiger partial charge in [-0.05, 0) is 13.8 Å². The van der Waals surface area contributed by atoms with Crippen LogP contribution in [0.3, 0.4) is 0 Å². The van der Waals surface area contributed by atoms with Crippen molar-refractivity contribution in [2.75, 3.05) is 13.2 Å². The van der Waals surface area contributed by atoms with Crippen LogP contribution in [-0.2, 0) is 19.1 Å². The first-order chi connectivity index (χ1) is 6.20. The quantitative estimate of drug-likeness (QED) is 0.366. The van der Waals surface area contributed by atoms with Crippen LogP contribution in [0.15, 0.2) is 12.2 Å². The van der Waals surface area contributed by atoms with E-state index in [1.807, 2.05) is 6.92 Å². The van der Waals surface area contributed by atoms with Crippen molar-refractivity contribution >= 4 is 11.9 Å². The first-order valence-corrected chi connectivity index (χ1v) is 4.13. The summed E-state index contributed by atoms with van der Waals surface area (Å²) in [5.41, 5.74) is 0. The summed E-state index contributed by atoms with van der Waals surface area (Å²) in [4.78, 5) is 21.6. The molecule has 0 amide bonds. The van der Waals surface area contributed by atoms with E-state index >= 15 is 0 Å². The van der Waals surface area contributed by atoms with E-state index in [0.29, 0.717) is 0 Å². The van der Waals surface area contributed by atoms with Crippen LogP contribution in [0.2, 0.25) is 0 Å². The van der Waals surface area contributed by atoms with E-state index in [-0.39, 0.29) is 19.6 Å². The van der Waals surface area contributed by atoms with Crippen LogP contribution >= 0.6 is 0 Å². The van der Waals surface area contributed by atoms with Gasteiger partial charge in [0.2, 0.25) is 0 Å². The van der Waals surface area contributed by atoms with E-state index in [9.17, 15) is 9.59 Å². The van der Waals surface area contributed by atoms with E-state index in [1.54, 1.807) is 19.1 Å². The molecule has 0 atom stereocenters. The Balaban J connectivity index is 3.55. The van der Waals surface area contributed by atoms with Crippen molar-refractivity contribution in [3.05, 3.63) is 12.2 Å². The molecule has 0 unspecified atom stereocenters. The number of ether oxygens (including phenoxy) is 2. The Morgan fingerprint density at radius 2 is 1.85 bits per heavy atom. The maximum atomic E-state index is 10.8. The van der Waals surface area contributed by atoms with E-state index in [2.05, 4.69) is 9.47 Å². The maximum Gasteiger partial charge on any atom is 0.317 e. The molecule has 0 rings (SSSR count). The van der Waals surface area contributed by atoms with Gasteiger partial charge in [-0.1, -0.05) is 12.2 Å². The first-order valence-electron chi connectivity index (χ1n) is 4.13. The molecule has 0 aliphatic heterocycles. The van der Waals surface area contributed by atoms with Gasteiger partial charge in [-0.2, -0.15) is 0 Å². The number of allylic oxidation sites excluding steroid dienone is 1. The zero-order valence-electron chi connectivity index (χ0n) is 7.91. The van der Waals surface area contributed by atoms with Gasteiger partial charge in [0.15, 0.2) is 0 Å². The second kappa shape index (κ2) is 7.34. The second-order valence-electron chi connectivity index (χ2n) is 2.23. The molecule has 0 N–H and O–H groups in total. The third-order valence-corrected chi connectivity index (χ3v) is 1.17.